The SMILES string of the molecule is OCC(NCc1cc(-c2ccccc2)n[nH]1)c1ccc(Cl)c(F)c1. The van der Waals surface area contributed by atoms with Crippen molar-refractivity contribution in [3.05, 3.63) is 76.7 Å². The summed E-state index contributed by atoms with van der Waals surface area (Å²) in [7, 11) is 0. The Morgan fingerprint density at radius 1 is 1.17 bits per heavy atom. The first kappa shape index (κ1) is 16.6. The number of benzene rings is 2. The van der Waals surface area contributed by atoms with Gasteiger partial charge in [-0.05, 0) is 23.8 Å². The Kier molecular flexibility index (Phi) is 5.25. The molecule has 1 atom stereocenters. The number of halogens is 2. The smallest absolute Gasteiger partial charge is 0.142 e. The number of rotatable bonds is 6. The minimum atomic E-state index is -0.498. The van der Waals surface area contributed by atoms with E-state index in [-0.39, 0.29) is 17.7 Å². The summed E-state index contributed by atoms with van der Waals surface area (Å²) in [4.78, 5) is 0. The Labute approximate surface area is 144 Å². The van der Waals surface area contributed by atoms with Gasteiger partial charge in [0.2, 0.25) is 0 Å². The molecular formula is C18H17ClFN3O. The summed E-state index contributed by atoms with van der Waals surface area (Å²) in [5.41, 5.74) is 3.40. The standard InChI is InChI=1S/C18H17ClFN3O/c19-15-7-6-13(8-16(15)20)18(11-24)21-10-14-9-17(23-22-14)12-4-2-1-3-5-12/h1-9,18,21,24H,10-11H2,(H,22,23). The van der Waals surface area contributed by atoms with Crippen molar-refractivity contribution in [2.75, 3.05) is 6.61 Å². The van der Waals surface area contributed by atoms with Crippen LogP contribution < -0.4 is 5.32 Å². The number of aromatic amines is 1. The third kappa shape index (κ3) is 3.82. The van der Waals surface area contributed by atoms with Crippen LogP contribution in [0, 0.1) is 5.82 Å². The zero-order chi connectivity index (χ0) is 16.9. The summed E-state index contributed by atoms with van der Waals surface area (Å²) in [6.07, 6.45) is 0. The molecule has 0 saturated heterocycles. The fourth-order valence-corrected chi connectivity index (χ4v) is 2.58. The molecule has 1 unspecified atom stereocenters. The van der Waals surface area contributed by atoms with Crippen molar-refractivity contribution in [3.8, 4) is 11.3 Å². The molecule has 0 spiro atoms. The van der Waals surface area contributed by atoms with E-state index in [9.17, 15) is 9.50 Å². The minimum absolute atomic E-state index is 0.0662. The molecule has 4 nitrogen and oxygen atoms in total. The number of hydrogen-bond acceptors (Lipinski definition) is 3. The maximum Gasteiger partial charge on any atom is 0.142 e. The summed E-state index contributed by atoms with van der Waals surface area (Å²) < 4.78 is 13.6. The van der Waals surface area contributed by atoms with E-state index in [1.807, 2.05) is 36.4 Å². The summed E-state index contributed by atoms with van der Waals surface area (Å²) in [5, 5.41) is 20.1. The highest BCUT2D eigenvalue weighted by Crippen LogP contribution is 2.21. The van der Waals surface area contributed by atoms with Gasteiger partial charge in [0.15, 0.2) is 0 Å². The fraction of sp³-hybridized carbons (Fsp3) is 0.167. The van der Waals surface area contributed by atoms with E-state index in [2.05, 4.69) is 15.5 Å². The van der Waals surface area contributed by atoms with E-state index in [1.54, 1.807) is 6.07 Å². The lowest BCUT2D eigenvalue weighted by Crippen LogP contribution is -2.24. The predicted molar refractivity (Wildman–Crippen MR) is 92.1 cm³/mol. The van der Waals surface area contributed by atoms with Crippen LogP contribution >= 0.6 is 11.6 Å². The lowest BCUT2D eigenvalue weighted by molar-refractivity contribution is 0.243. The number of hydrogen-bond donors (Lipinski definition) is 3. The predicted octanol–water partition coefficient (Wildman–Crippen LogP) is 3.69. The first-order valence-corrected chi connectivity index (χ1v) is 7.94. The maximum absolute atomic E-state index is 13.6. The van der Waals surface area contributed by atoms with Gasteiger partial charge < -0.3 is 10.4 Å². The van der Waals surface area contributed by atoms with Crippen molar-refractivity contribution in [1.82, 2.24) is 15.5 Å². The zero-order valence-electron chi connectivity index (χ0n) is 12.8. The van der Waals surface area contributed by atoms with Gasteiger partial charge in [-0.1, -0.05) is 48.0 Å². The third-order valence-electron chi connectivity index (χ3n) is 3.77. The molecule has 6 heteroatoms. The van der Waals surface area contributed by atoms with Crippen molar-refractivity contribution in [2.45, 2.75) is 12.6 Å². The van der Waals surface area contributed by atoms with Gasteiger partial charge in [-0.3, -0.25) is 5.10 Å². The van der Waals surface area contributed by atoms with Crippen LogP contribution in [0.2, 0.25) is 5.02 Å². The van der Waals surface area contributed by atoms with Crippen LogP contribution in [-0.2, 0) is 6.54 Å². The largest absolute Gasteiger partial charge is 0.394 e. The topological polar surface area (TPSA) is 60.9 Å². The first-order valence-electron chi connectivity index (χ1n) is 7.56. The Hall–Kier alpha value is -2.21. The minimum Gasteiger partial charge on any atom is -0.394 e. The van der Waals surface area contributed by atoms with Crippen molar-refractivity contribution in [2.24, 2.45) is 0 Å². The normalized spacial score (nSPS) is 12.3. The summed E-state index contributed by atoms with van der Waals surface area (Å²) >= 11 is 5.69. The quantitative estimate of drug-likeness (QED) is 0.638. The van der Waals surface area contributed by atoms with E-state index in [4.69, 9.17) is 11.6 Å². The van der Waals surface area contributed by atoms with E-state index in [1.165, 1.54) is 12.1 Å². The second-order valence-corrected chi connectivity index (χ2v) is 5.84. The van der Waals surface area contributed by atoms with Gasteiger partial charge in [-0.2, -0.15) is 5.10 Å². The number of aliphatic hydroxyl groups is 1. The van der Waals surface area contributed by atoms with Crippen LogP contribution in [0.15, 0.2) is 54.6 Å². The molecule has 3 N–H and O–H groups in total. The lowest BCUT2D eigenvalue weighted by atomic mass is 10.1. The van der Waals surface area contributed by atoms with Gasteiger partial charge in [0.05, 0.1) is 23.4 Å². The molecule has 0 radical (unpaired) electrons. The molecule has 0 aliphatic heterocycles. The van der Waals surface area contributed by atoms with Gasteiger partial charge in [0.1, 0.15) is 5.82 Å². The highest BCUT2D eigenvalue weighted by atomic mass is 35.5. The van der Waals surface area contributed by atoms with Crippen LogP contribution in [0.4, 0.5) is 4.39 Å². The second-order valence-electron chi connectivity index (χ2n) is 5.43. The van der Waals surface area contributed by atoms with Gasteiger partial charge in [0.25, 0.3) is 0 Å². The Bertz CT molecular complexity index is 807. The van der Waals surface area contributed by atoms with Crippen LogP contribution in [0.5, 0.6) is 0 Å². The van der Waals surface area contributed by atoms with Gasteiger partial charge in [-0.25, -0.2) is 4.39 Å². The molecule has 0 bridgehead atoms. The highest BCUT2D eigenvalue weighted by Gasteiger charge is 2.13. The Morgan fingerprint density at radius 2 is 1.96 bits per heavy atom. The lowest BCUT2D eigenvalue weighted by Gasteiger charge is -2.16. The number of nitrogens with one attached hydrogen (secondary N) is 2. The average Bonchev–Trinajstić information content (AvgIpc) is 3.08. The molecule has 2 aromatic carbocycles. The first-order chi connectivity index (χ1) is 11.7. The van der Waals surface area contributed by atoms with E-state index < -0.39 is 5.82 Å². The third-order valence-corrected chi connectivity index (χ3v) is 4.07. The zero-order valence-corrected chi connectivity index (χ0v) is 13.6. The molecule has 24 heavy (non-hydrogen) atoms. The summed E-state index contributed by atoms with van der Waals surface area (Å²) in [6.45, 7) is 0.316. The van der Waals surface area contributed by atoms with Crippen molar-refractivity contribution in [1.29, 1.82) is 0 Å². The molecule has 0 fully saturated rings. The van der Waals surface area contributed by atoms with Crippen LogP contribution in [-0.4, -0.2) is 21.9 Å². The van der Waals surface area contributed by atoms with E-state index >= 15 is 0 Å². The van der Waals surface area contributed by atoms with Crippen molar-refractivity contribution >= 4 is 11.6 Å². The summed E-state index contributed by atoms with van der Waals surface area (Å²) in [6, 6.07) is 15.9. The molecule has 3 aromatic rings. The van der Waals surface area contributed by atoms with Crippen LogP contribution in [0.25, 0.3) is 11.3 Å². The molecule has 0 aliphatic rings. The molecule has 0 amide bonds. The molecule has 0 saturated carbocycles. The number of aromatic nitrogens is 2. The number of H-pyrrole nitrogens is 1. The van der Waals surface area contributed by atoms with Crippen molar-refractivity contribution in [3.63, 3.8) is 0 Å². The summed E-state index contributed by atoms with van der Waals surface area (Å²) in [5.74, 6) is -0.498. The maximum atomic E-state index is 13.6. The molecule has 0 aliphatic carbocycles. The van der Waals surface area contributed by atoms with Gasteiger partial charge in [-0.15, -0.1) is 0 Å². The molecule has 124 valence electrons. The highest BCUT2D eigenvalue weighted by molar-refractivity contribution is 6.30. The average molecular weight is 346 g/mol. The van der Waals surface area contributed by atoms with Gasteiger partial charge in [0, 0.05) is 17.8 Å². The van der Waals surface area contributed by atoms with Gasteiger partial charge >= 0.3 is 0 Å². The number of aliphatic hydroxyl groups excluding tert-OH is 1. The Morgan fingerprint density at radius 3 is 2.67 bits per heavy atom. The Balaban J connectivity index is 1.68. The monoisotopic (exact) mass is 345 g/mol. The molecule has 1 aromatic heterocycles. The molecule has 1 heterocycles. The molecular weight excluding hydrogens is 329 g/mol. The fourth-order valence-electron chi connectivity index (χ4n) is 2.46. The number of nitrogens with zero attached hydrogens (tertiary/aromatic N) is 1. The second kappa shape index (κ2) is 7.57. The van der Waals surface area contributed by atoms with E-state index in [0.29, 0.717) is 12.1 Å². The van der Waals surface area contributed by atoms with Crippen LogP contribution in [0.1, 0.15) is 17.3 Å². The van der Waals surface area contributed by atoms with E-state index in [0.717, 1.165) is 17.0 Å². The van der Waals surface area contributed by atoms with Crippen molar-refractivity contribution < 1.29 is 9.50 Å². The van der Waals surface area contributed by atoms with Crippen LogP contribution in [0.3, 0.4) is 0 Å². The molecule has 3 rings (SSSR count).